The number of carbonyl (C=O) groups is 1. The number of nitrogens with one attached hydrogen (secondary N) is 2. The minimum Gasteiger partial charge on any atom is -0.472 e. The molecule has 30 heavy (non-hydrogen) atoms. The number of hydrogen-bond acceptors (Lipinski definition) is 7. The summed E-state index contributed by atoms with van der Waals surface area (Å²) in [6.45, 7) is 1.92. The molecule has 1 saturated carbocycles. The van der Waals surface area contributed by atoms with E-state index in [1.165, 1.54) is 24.0 Å². The molecule has 2 aromatic heterocycles. The average Bonchev–Trinajstić information content (AvgIpc) is 3.34. The highest BCUT2D eigenvalue weighted by Crippen LogP contribution is 2.40. The van der Waals surface area contributed by atoms with Crippen LogP contribution in [0.4, 0.5) is 14.5 Å². The molecule has 0 bridgehead atoms. The van der Waals surface area contributed by atoms with Crippen molar-refractivity contribution in [2.45, 2.75) is 12.5 Å². The van der Waals surface area contributed by atoms with Crippen LogP contribution in [0, 0.1) is 23.5 Å². The predicted octanol–water partition coefficient (Wildman–Crippen LogP) is 3.12. The zero-order valence-corrected chi connectivity index (χ0v) is 16.5. The zero-order valence-electron chi connectivity index (χ0n) is 15.6. The van der Waals surface area contributed by atoms with Gasteiger partial charge in [-0.15, -0.1) is 11.3 Å². The fraction of sp³-hybridized carbons (Fsp3) is 0.300. The lowest BCUT2D eigenvalue weighted by Crippen LogP contribution is -2.44. The number of fused-ring (bicyclic) bond motifs is 1. The number of anilines is 1. The molecule has 2 N–H and O–H groups in total. The minimum atomic E-state index is -0.733. The SMILES string of the molecule is O=C(Nc1cncnc1OC1CC2CNCC21)c1csc(-c2c(F)cccc2F)n1. The van der Waals surface area contributed by atoms with Crippen molar-refractivity contribution in [1.29, 1.82) is 0 Å². The number of hydrogen-bond donors (Lipinski definition) is 2. The number of halogens is 2. The van der Waals surface area contributed by atoms with Crippen LogP contribution in [0.5, 0.6) is 5.88 Å². The van der Waals surface area contributed by atoms with Crippen LogP contribution >= 0.6 is 11.3 Å². The summed E-state index contributed by atoms with van der Waals surface area (Å²) in [5.74, 6) is -0.637. The Balaban J connectivity index is 1.32. The van der Waals surface area contributed by atoms with E-state index in [2.05, 4.69) is 25.6 Å². The molecular formula is C20H17F2N5O2S. The molecule has 3 unspecified atom stereocenters. The molecule has 3 aromatic rings. The molecule has 0 radical (unpaired) electrons. The first-order valence-corrected chi connectivity index (χ1v) is 10.4. The summed E-state index contributed by atoms with van der Waals surface area (Å²) in [4.78, 5) is 24.9. The fourth-order valence-corrected chi connectivity index (χ4v) is 4.73. The molecule has 2 aliphatic rings. The third-order valence-corrected chi connectivity index (χ3v) is 6.36. The van der Waals surface area contributed by atoms with Gasteiger partial charge in [-0.05, 0) is 31.0 Å². The average molecular weight is 429 g/mol. The molecule has 1 amide bonds. The molecule has 0 spiro atoms. The van der Waals surface area contributed by atoms with Crippen molar-refractivity contribution < 1.29 is 18.3 Å². The smallest absolute Gasteiger partial charge is 0.275 e. The lowest BCUT2D eigenvalue weighted by atomic mass is 9.73. The molecule has 7 nitrogen and oxygen atoms in total. The second kappa shape index (κ2) is 7.69. The van der Waals surface area contributed by atoms with Gasteiger partial charge in [-0.3, -0.25) is 4.79 Å². The number of ether oxygens (including phenoxy) is 1. The van der Waals surface area contributed by atoms with E-state index in [1.54, 1.807) is 0 Å². The van der Waals surface area contributed by atoms with Gasteiger partial charge in [0.05, 0.1) is 11.8 Å². The number of amides is 1. The summed E-state index contributed by atoms with van der Waals surface area (Å²) in [7, 11) is 0. The van der Waals surface area contributed by atoms with Gasteiger partial charge in [0.15, 0.2) is 0 Å². The van der Waals surface area contributed by atoms with Crippen molar-refractivity contribution in [3.05, 3.63) is 53.4 Å². The maximum atomic E-state index is 14.0. The van der Waals surface area contributed by atoms with Gasteiger partial charge in [0.1, 0.15) is 40.5 Å². The van der Waals surface area contributed by atoms with Crippen LogP contribution < -0.4 is 15.4 Å². The molecule has 154 valence electrons. The van der Waals surface area contributed by atoms with Crippen molar-refractivity contribution in [3.8, 4) is 16.5 Å². The maximum Gasteiger partial charge on any atom is 0.275 e. The van der Waals surface area contributed by atoms with Crippen molar-refractivity contribution in [3.63, 3.8) is 0 Å². The van der Waals surface area contributed by atoms with Crippen LogP contribution in [0.3, 0.4) is 0 Å². The predicted molar refractivity (Wildman–Crippen MR) is 106 cm³/mol. The van der Waals surface area contributed by atoms with E-state index in [9.17, 15) is 13.6 Å². The Labute approximate surface area is 174 Å². The minimum absolute atomic E-state index is 0.0381. The van der Waals surface area contributed by atoms with Crippen molar-refractivity contribution in [2.24, 2.45) is 11.8 Å². The van der Waals surface area contributed by atoms with Gasteiger partial charge < -0.3 is 15.4 Å². The van der Waals surface area contributed by atoms with E-state index in [0.29, 0.717) is 23.4 Å². The second-order valence-corrected chi connectivity index (χ2v) is 8.16. The van der Waals surface area contributed by atoms with E-state index in [4.69, 9.17) is 4.74 Å². The van der Waals surface area contributed by atoms with E-state index < -0.39 is 17.5 Å². The van der Waals surface area contributed by atoms with Crippen molar-refractivity contribution in [1.82, 2.24) is 20.3 Å². The van der Waals surface area contributed by atoms with Gasteiger partial charge in [-0.2, -0.15) is 4.98 Å². The Hall–Kier alpha value is -2.98. The third kappa shape index (κ3) is 3.41. The molecule has 3 heterocycles. The summed E-state index contributed by atoms with van der Waals surface area (Å²) < 4.78 is 34.0. The van der Waals surface area contributed by atoms with E-state index in [1.807, 2.05) is 0 Å². The van der Waals surface area contributed by atoms with Gasteiger partial charge in [0.25, 0.3) is 5.91 Å². The summed E-state index contributed by atoms with van der Waals surface area (Å²) >= 11 is 0.987. The van der Waals surface area contributed by atoms with Gasteiger partial charge in [-0.25, -0.2) is 18.7 Å². The summed E-state index contributed by atoms with van der Waals surface area (Å²) in [5, 5.41) is 7.57. The number of rotatable bonds is 5. The quantitative estimate of drug-likeness (QED) is 0.648. The largest absolute Gasteiger partial charge is 0.472 e. The number of thiazole rings is 1. The van der Waals surface area contributed by atoms with E-state index in [0.717, 1.165) is 43.0 Å². The van der Waals surface area contributed by atoms with Crippen LogP contribution in [-0.2, 0) is 0 Å². The van der Waals surface area contributed by atoms with Gasteiger partial charge in [-0.1, -0.05) is 6.07 Å². The van der Waals surface area contributed by atoms with E-state index in [-0.39, 0.29) is 22.4 Å². The first kappa shape index (κ1) is 19.0. The Morgan fingerprint density at radius 3 is 2.90 bits per heavy atom. The highest BCUT2D eigenvalue weighted by Gasteiger charge is 2.45. The third-order valence-electron chi connectivity index (χ3n) is 5.51. The van der Waals surface area contributed by atoms with Crippen molar-refractivity contribution in [2.75, 3.05) is 18.4 Å². The molecule has 3 atom stereocenters. The van der Waals surface area contributed by atoms with E-state index >= 15 is 0 Å². The van der Waals surface area contributed by atoms with Gasteiger partial charge >= 0.3 is 0 Å². The fourth-order valence-electron chi connectivity index (χ4n) is 3.88. The standard InChI is InChI=1S/C20H17F2N5O2S/c21-12-2-1-3-13(22)17(12)20-27-15(8-30-20)18(28)26-14-7-24-9-25-19(14)29-16-4-10-5-23-6-11(10)16/h1-3,7-11,16,23H,4-6H2,(H,26,28). The molecule has 1 aromatic carbocycles. The number of aromatic nitrogens is 3. The molecule has 1 aliphatic heterocycles. The van der Waals surface area contributed by atoms with Crippen LogP contribution in [-0.4, -0.2) is 40.1 Å². The molecule has 2 fully saturated rings. The number of benzene rings is 1. The Morgan fingerprint density at radius 2 is 2.10 bits per heavy atom. The van der Waals surface area contributed by atoms with Crippen LogP contribution in [0.2, 0.25) is 0 Å². The first-order valence-electron chi connectivity index (χ1n) is 9.49. The second-order valence-electron chi connectivity index (χ2n) is 7.30. The number of nitrogens with zero attached hydrogens (tertiary/aromatic N) is 3. The Bertz CT molecular complexity index is 1090. The van der Waals surface area contributed by atoms with Gasteiger partial charge in [0.2, 0.25) is 5.88 Å². The molecule has 10 heteroatoms. The maximum absolute atomic E-state index is 14.0. The van der Waals surface area contributed by atoms with Crippen molar-refractivity contribution >= 4 is 22.9 Å². The normalized spacial score (nSPS) is 22.3. The first-order chi connectivity index (χ1) is 14.6. The highest BCUT2D eigenvalue weighted by atomic mass is 32.1. The highest BCUT2D eigenvalue weighted by molar-refractivity contribution is 7.13. The van der Waals surface area contributed by atoms with Crippen LogP contribution in [0.15, 0.2) is 36.1 Å². The molecular weight excluding hydrogens is 412 g/mol. The number of carbonyl (C=O) groups excluding carboxylic acids is 1. The summed E-state index contributed by atoms with van der Waals surface area (Å²) in [6.07, 6.45) is 3.80. The lowest BCUT2D eigenvalue weighted by molar-refractivity contribution is 0.0139. The monoisotopic (exact) mass is 429 g/mol. The van der Waals surface area contributed by atoms with Crippen LogP contribution in [0.25, 0.3) is 10.6 Å². The summed E-state index contributed by atoms with van der Waals surface area (Å²) in [5.41, 5.74) is 0.109. The molecule has 1 saturated heterocycles. The molecule has 5 rings (SSSR count). The van der Waals surface area contributed by atoms with Crippen LogP contribution in [0.1, 0.15) is 16.9 Å². The van der Waals surface area contributed by atoms with Gasteiger partial charge in [0, 0.05) is 17.8 Å². The Kier molecular flexibility index (Phi) is 4.87. The topological polar surface area (TPSA) is 89.0 Å². The lowest BCUT2D eigenvalue weighted by Gasteiger charge is -2.39. The zero-order chi connectivity index (χ0) is 20.7. The Morgan fingerprint density at radius 1 is 1.27 bits per heavy atom. The summed E-state index contributed by atoms with van der Waals surface area (Å²) in [6, 6.07) is 3.57. The molecule has 1 aliphatic carbocycles.